The number of aliphatic hydroxyl groups excluding tert-OH is 1. The first-order valence-electron chi connectivity index (χ1n) is 7.89. The van der Waals surface area contributed by atoms with Crippen molar-refractivity contribution >= 4 is 11.9 Å². The Balaban J connectivity index is 1.94. The molecule has 22 heavy (non-hydrogen) atoms. The van der Waals surface area contributed by atoms with Crippen LogP contribution in [0.25, 0.3) is 0 Å². The molecule has 2 saturated heterocycles. The number of fused-ring (bicyclic) bond motifs is 1. The fourth-order valence-corrected chi connectivity index (χ4v) is 3.37. The van der Waals surface area contributed by atoms with E-state index in [1.54, 1.807) is 20.8 Å². The summed E-state index contributed by atoms with van der Waals surface area (Å²) in [6.45, 7) is 7.34. The second-order valence-corrected chi connectivity index (χ2v) is 6.13. The van der Waals surface area contributed by atoms with Crippen molar-refractivity contribution in [2.45, 2.75) is 45.8 Å². The zero-order valence-electron chi connectivity index (χ0n) is 13.5. The Morgan fingerprint density at radius 3 is 2.41 bits per heavy atom. The van der Waals surface area contributed by atoms with Gasteiger partial charge in [0.1, 0.15) is 5.57 Å². The first-order chi connectivity index (χ1) is 10.5. The van der Waals surface area contributed by atoms with Gasteiger partial charge in [0.05, 0.1) is 19.3 Å². The molecule has 0 amide bonds. The minimum absolute atomic E-state index is 0.0244. The number of rotatable bonds is 5. The standard InChI is InChI=1S/C16H25NO5/c1-4-21-15(19)13(10(2)3)16(20)22-9-11-5-7-17-8-6-12(18)14(11)17/h11-12,14,18H,4-9H2,1-3H3. The number of hydrogen-bond acceptors (Lipinski definition) is 6. The molecule has 0 radical (unpaired) electrons. The van der Waals surface area contributed by atoms with Crippen molar-refractivity contribution in [3.63, 3.8) is 0 Å². The van der Waals surface area contributed by atoms with Gasteiger partial charge in [-0.25, -0.2) is 9.59 Å². The Morgan fingerprint density at radius 2 is 1.77 bits per heavy atom. The van der Waals surface area contributed by atoms with E-state index >= 15 is 0 Å². The lowest BCUT2D eigenvalue weighted by Crippen LogP contribution is -2.36. The molecule has 124 valence electrons. The van der Waals surface area contributed by atoms with Crippen LogP contribution in [0.1, 0.15) is 33.6 Å². The third kappa shape index (κ3) is 3.50. The number of allylic oxidation sites excluding steroid dienone is 1. The van der Waals surface area contributed by atoms with E-state index in [4.69, 9.17) is 9.47 Å². The fraction of sp³-hybridized carbons (Fsp3) is 0.750. The Kier molecular flexibility index (Phi) is 5.58. The van der Waals surface area contributed by atoms with Gasteiger partial charge in [-0.05, 0) is 40.2 Å². The first kappa shape index (κ1) is 17.0. The highest BCUT2D eigenvalue weighted by molar-refractivity contribution is 6.14. The second-order valence-electron chi connectivity index (χ2n) is 6.13. The van der Waals surface area contributed by atoms with Gasteiger partial charge in [0.15, 0.2) is 0 Å². The van der Waals surface area contributed by atoms with Crippen LogP contribution in [-0.2, 0) is 19.1 Å². The Bertz CT molecular complexity index is 469. The van der Waals surface area contributed by atoms with Crippen LogP contribution in [0, 0.1) is 5.92 Å². The minimum Gasteiger partial charge on any atom is -0.462 e. The van der Waals surface area contributed by atoms with E-state index < -0.39 is 11.9 Å². The highest BCUT2D eigenvalue weighted by atomic mass is 16.6. The van der Waals surface area contributed by atoms with E-state index in [1.807, 2.05) is 0 Å². The summed E-state index contributed by atoms with van der Waals surface area (Å²) in [7, 11) is 0. The fourth-order valence-electron chi connectivity index (χ4n) is 3.37. The van der Waals surface area contributed by atoms with Gasteiger partial charge in [-0.2, -0.15) is 0 Å². The summed E-state index contributed by atoms with van der Waals surface area (Å²) in [5.74, 6) is -1.15. The van der Waals surface area contributed by atoms with Crippen LogP contribution in [0.5, 0.6) is 0 Å². The van der Waals surface area contributed by atoms with E-state index in [-0.39, 0.29) is 36.9 Å². The molecule has 2 aliphatic rings. The van der Waals surface area contributed by atoms with Gasteiger partial charge in [0, 0.05) is 18.5 Å². The summed E-state index contributed by atoms with van der Waals surface area (Å²) in [5, 5.41) is 10.0. The minimum atomic E-state index is -0.638. The molecular formula is C16H25NO5. The van der Waals surface area contributed by atoms with Crippen molar-refractivity contribution in [3.8, 4) is 0 Å². The van der Waals surface area contributed by atoms with Gasteiger partial charge in [0.25, 0.3) is 0 Å². The van der Waals surface area contributed by atoms with E-state index in [0.29, 0.717) is 5.57 Å². The smallest absolute Gasteiger partial charge is 0.345 e. The van der Waals surface area contributed by atoms with Gasteiger partial charge in [0.2, 0.25) is 0 Å². The SMILES string of the molecule is CCOC(=O)C(C(=O)OCC1CCN2CCC(O)C12)=C(C)C. The molecule has 0 aliphatic carbocycles. The van der Waals surface area contributed by atoms with Crippen LogP contribution in [0.4, 0.5) is 0 Å². The zero-order chi connectivity index (χ0) is 16.3. The molecule has 0 bridgehead atoms. The summed E-state index contributed by atoms with van der Waals surface area (Å²) in [6.07, 6.45) is 1.33. The van der Waals surface area contributed by atoms with Crippen molar-refractivity contribution in [3.05, 3.63) is 11.1 Å². The second kappa shape index (κ2) is 7.24. The molecule has 0 saturated carbocycles. The van der Waals surface area contributed by atoms with Gasteiger partial charge in [-0.15, -0.1) is 0 Å². The Morgan fingerprint density at radius 1 is 1.14 bits per heavy atom. The molecule has 2 heterocycles. The first-order valence-corrected chi connectivity index (χ1v) is 7.89. The molecular weight excluding hydrogens is 286 g/mol. The normalized spacial score (nSPS) is 27.4. The van der Waals surface area contributed by atoms with Crippen LogP contribution < -0.4 is 0 Å². The van der Waals surface area contributed by atoms with Crippen LogP contribution in [-0.4, -0.2) is 60.4 Å². The van der Waals surface area contributed by atoms with Crippen molar-refractivity contribution in [1.82, 2.24) is 4.90 Å². The van der Waals surface area contributed by atoms with Crippen molar-refractivity contribution in [2.24, 2.45) is 5.92 Å². The average molecular weight is 311 g/mol. The van der Waals surface area contributed by atoms with Crippen LogP contribution in [0.3, 0.4) is 0 Å². The van der Waals surface area contributed by atoms with Gasteiger partial charge < -0.3 is 14.6 Å². The quantitative estimate of drug-likeness (QED) is 0.352. The van der Waals surface area contributed by atoms with E-state index in [0.717, 1.165) is 25.9 Å². The van der Waals surface area contributed by atoms with Gasteiger partial charge in [-0.3, -0.25) is 4.90 Å². The molecule has 6 nitrogen and oxygen atoms in total. The largest absolute Gasteiger partial charge is 0.462 e. The van der Waals surface area contributed by atoms with Gasteiger partial charge >= 0.3 is 11.9 Å². The predicted molar refractivity (Wildman–Crippen MR) is 80.1 cm³/mol. The molecule has 2 fully saturated rings. The monoisotopic (exact) mass is 311 g/mol. The van der Waals surface area contributed by atoms with Crippen molar-refractivity contribution in [1.29, 1.82) is 0 Å². The molecule has 0 aromatic heterocycles. The van der Waals surface area contributed by atoms with Gasteiger partial charge in [-0.1, -0.05) is 5.57 Å². The Hall–Kier alpha value is -1.40. The highest BCUT2D eigenvalue weighted by Gasteiger charge is 2.43. The third-order valence-electron chi connectivity index (χ3n) is 4.41. The lowest BCUT2D eigenvalue weighted by atomic mass is 9.97. The maximum atomic E-state index is 12.2. The molecule has 6 heteroatoms. The number of hydrogen-bond donors (Lipinski definition) is 1. The van der Waals surface area contributed by atoms with Crippen LogP contribution >= 0.6 is 0 Å². The molecule has 3 unspecified atom stereocenters. The van der Waals surface area contributed by atoms with Crippen molar-refractivity contribution < 1.29 is 24.2 Å². The maximum absolute atomic E-state index is 12.2. The lowest BCUT2D eigenvalue weighted by Gasteiger charge is -2.23. The number of esters is 2. The van der Waals surface area contributed by atoms with Crippen molar-refractivity contribution in [2.75, 3.05) is 26.3 Å². The summed E-state index contributed by atoms with van der Waals surface area (Å²) >= 11 is 0. The molecule has 1 N–H and O–H groups in total. The Labute approximate surface area is 131 Å². The predicted octanol–water partition coefficient (Wildman–Crippen LogP) is 0.884. The van der Waals surface area contributed by atoms with Crippen LogP contribution in [0.15, 0.2) is 11.1 Å². The number of aliphatic hydroxyl groups is 1. The summed E-state index contributed by atoms with van der Waals surface area (Å²) in [6, 6.07) is 0.0746. The van der Waals surface area contributed by atoms with E-state index in [1.165, 1.54) is 0 Å². The average Bonchev–Trinajstić information content (AvgIpc) is 3.00. The molecule has 3 atom stereocenters. The molecule has 2 rings (SSSR count). The molecule has 0 aromatic carbocycles. The topological polar surface area (TPSA) is 76.1 Å². The third-order valence-corrected chi connectivity index (χ3v) is 4.41. The van der Waals surface area contributed by atoms with Crippen LogP contribution in [0.2, 0.25) is 0 Å². The summed E-state index contributed by atoms with van der Waals surface area (Å²) < 4.78 is 10.2. The maximum Gasteiger partial charge on any atom is 0.345 e. The lowest BCUT2D eigenvalue weighted by molar-refractivity contribution is -0.148. The summed E-state index contributed by atoms with van der Waals surface area (Å²) in [4.78, 5) is 26.2. The highest BCUT2D eigenvalue weighted by Crippen LogP contribution is 2.33. The zero-order valence-corrected chi connectivity index (χ0v) is 13.5. The molecule has 0 spiro atoms. The summed E-state index contributed by atoms with van der Waals surface area (Å²) in [5.41, 5.74) is 0.557. The molecule has 2 aliphatic heterocycles. The van der Waals surface area contributed by atoms with E-state index in [2.05, 4.69) is 4.90 Å². The molecule has 0 aromatic rings. The number of nitrogens with zero attached hydrogens (tertiary/aromatic N) is 1. The number of carbonyl (C=O) groups is 2. The number of ether oxygens (including phenoxy) is 2. The number of carbonyl (C=O) groups excluding carboxylic acids is 2. The van der Waals surface area contributed by atoms with E-state index in [9.17, 15) is 14.7 Å².